The van der Waals surface area contributed by atoms with E-state index in [1.807, 2.05) is 91.0 Å². The Kier molecular flexibility index (Phi) is 8.82. The van der Waals surface area contributed by atoms with E-state index in [0.717, 1.165) is 16.7 Å². The maximum Gasteiger partial charge on any atom is 0.221 e. The lowest BCUT2D eigenvalue weighted by Gasteiger charge is -2.33. The number of hydrogen-bond donors (Lipinski definition) is 1. The van der Waals surface area contributed by atoms with Crippen LogP contribution in [0.2, 0.25) is 0 Å². The quantitative estimate of drug-likeness (QED) is 0.435. The third-order valence-electron chi connectivity index (χ3n) is 5.95. The third-order valence-corrected chi connectivity index (χ3v) is 5.95. The van der Waals surface area contributed by atoms with Crippen LogP contribution in [0.1, 0.15) is 16.7 Å². The van der Waals surface area contributed by atoms with Gasteiger partial charge in [0.15, 0.2) is 0 Å². The van der Waals surface area contributed by atoms with Gasteiger partial charge >= 0.3 is 0 Å². The van der Waals surface area contributed by atoms with Crippen LogP contribution in [0.3, 0.4) is 0 Å². The fourth-order valence-electron chi connectivity index (χ4n) is 4.14. The van der Waals surface area contributed by atoms with Gasteiger partial charge in [0, 0.05) is 7.11 Å². The summed E-state index contributed by atoms with van der Waals surface area (Å²) in [6, 6.07) is 29.7. The van der Waals surface area contributed by atoms with E-state index >= 15 is 0 Å². The smallest absolute Gasteiger partial charge is 0.221 e. The van der Waals surface area contributed by atoms with Gasteiger partial charge in [0.05, 0.1) is 26.4 Å². The number of aliphatic hydroxyl groups excluding tert-OH is 1. The first-order chi connectivity index (χ1) is 16.7. The summed E-state index contributed by atoms with van der Waals surface area (Å²) in [5.74, 6) is -1.22. The molecule has 0 spiro atoms. The number of ether oxygens (including phenoxy) is 5. The van der Waals surface area contributed by atoms with Gasteiger partial charge in [0.25, 0.3) is 0 Å². The molecule has 1 saturated heterocycles. The van der Waals surface area contributed by atoms with Crippen LogP contribution in [0.25, 0.3) is 0 Å². The maximum absolute atomic E-state index is 10.1. The first kappa shape index (κ1) is 24.5. The Morgan fingerprint density at radius 1 is 0.735 bits per heavy atom. The van der Waals surface area contributed by atoms with E-state index in [-0.39, 0.29) is 13.2 Å². The normalized spacial score (nSPS) is 24.4. The van der Waals surface area contributed by atoms with Gasteiger partial charge < -0.3 is 28.8 Å². The summed E-state index contributed by atoms with van der Waals surface area (Å²) in [5, 5.41) is 10.1. The predicted molar refractivity (Wildman–Crippen MR) is 128 cm³/mol. The molecule has 0 aliphatic carbocycles. The average molecular weight is 465 g/mol. The Morgan fingerprint density at radius 2 is 1.24 bits per heavy atom. The molecule has 0 aromatic heterocycles. The van der Waals surface area contributed by atoms with E-state index in [9.17, 15) is 5.11 Å². The van der Waals surface area contributed by atoms with E-state index < -0.39 is 24.1 Å². The summed E-state index contributed by atoms with van der Waals surface area (Å²) in [7, 11) is 1.57. The second-order valence-electron chi connectivity index (χ2n) is 8.31. The molecule has 34 heavy (non-hydrogen) atoms. The van der Waals surface area contributed by atoms with Gasteiger partial charge in [-0.1, -0.05) is 91.0 Å². The minimum Gasteiger partial charge on any atom is -0.394 e. The van der Waals surface area contributed by atoms with Crippen LogP contribution in [0.4, 0.5) is 0 Å². The van der Waals surface area contributed by atoms with Crippen molar-refractivity contribution < 1.29 is 28.8 Å². The Morgan fingerprint density at radius 3 is 1.74 bits per heavy atom. The van der Waals surface area contributed by atoms with Crippen LogP contribution in [0, 0.1) is 0 Å². The van der Waals surface area contributed by atoms with Crippen molar-refractivity contribution >= 4 is 0 Å². The molecule has 1 fully saturated rings. The highest BCUT2D eigenvalue weighted by Crippen LogP contribution is 2.37. The van der Waals surface area contributed by atoms with Crippen molar-refractivity contribution in [2.24, 2.45) is 0 Å². The van der Waals surface area contributed by atoms with E-state index in [0.29, 0.717) is 19.8 Å². The van der Waals surface area contributed by atoms with Crippen LogP contribution >= 0.6 is 0 Å². The zero-order chi connectivity index (χ0) is 23.6. The van der Waals surface area contributed by atoms with Crippen LogP contribution in [-0.4, -0.2) is 49.5 Å². The molecule has 0 amide bonds. The van der Waals surface area contributed by atoms with Crippen molar-refractivity contribution in [1.29, 1.82) is 0 Å². The minimum atomic E-state index is -1.22. The summed E-state index contributed by atoms with van der Waals surface area (Å²) in [6.07, 6.45) is -1.78. The number of aliphatic hydroxyl groups is 1. The number of rotatable bonds is 12. The molecular weight excluding hydrogens is 432 g/mol. The van der Waals surface area contributed by atoms with E-state index in [1.165, 1.54) is 0 Å². The summed E-state index contributed by atoms with van der Waals surface area (Å²) in [5.41, 5.74) is 3.09. The summed E-state index contributed by atoms with van der Waals surface area (Å²) >= 11 is 0. The molecule has 0 saturated carbocycles. The molecule has 3 aromatic rings. The number of benzene rings is 3. The Balaban J connectivity index is 1.52. The van der Waals surface area contributed by atoms with Gasteiger partial charge in [-0.15, -0.1) is 0 Å². The molecule has 3 aromatic carbocycles. The molecule has 0 radical (unpaired) electrons. The highest BCUT2D eigenvalue weighted by atomic mass is 16.8. The summed E-state index contributed by atoms with van der Waals surface area (Å²) < 4.78 is 30.8. The monoisotopic (exact) mass is 464 g/mol. The van der Waals surface area contributed by atoms with E-state index in [2.05, 4.69) is 0 Å². The van der Waals surface area contributed by atoms with Crippen molar-refractivity contribution in [3.05, 3.63) is 108 Å². The molecule has 6 nitrogen and oxygen atoms in total. The topological polar surface area (TPSA) is 66.4 Å². The van der Waals surface area contributed by atoms with Crippen molar-refractivity contribution in [3.63, 3.8) is 0 Å². The molecule has 4 atom stereocenters. The van der Waals surface area contributed by atoms with E-state index in [1.54, 1.807) is 7.11 Å². The van der Waals surface area contributed by atoms with Gasteiger partial charge in [-0.25, -0.2) is 0 Å². The molecule has 180 valence electrons. The lowest BCUT2D eigenvalue weighted by atomic mass is 10.0. The van der Waals surface area contributed by atoms with Crippen LogP contribution in [-0.2, 0) is 43.5 Å². The van der Waals surface area contributed by atoms with Crippen molar-refractivity contribution in [1.82, 2.24) is 0 Å². The molecule has 0 bridgehead atoms. The SMILES string of the molecule is CO[C@]1(COCc2ccccc2)O[C@H](CO)[C@@H](OCc2ccccc2)[C@@H]1OCc1ccccc1. The molecule has 1 N–H and O–H groups in total. The molecule has 6 heteroatoms. The fourth-order valence-corrected chi connectivity index (χ4v) is 4.14. The predicted octanol–water partition coefficient (Wildman–Crippen LogP) is 4.11. The maximum atomic E-state index is 10.1. The second kappa shape index (κ2) is 12.2. The molecule has 1 aliphatic heterocycles. The molecule has 0 unspecified atom stereocenters. The lowest BCUT2D eigenvalue weighted by molar-refractivity contribution is -0.280. The average Bonchev–Trinajstić information content (AvgIpc) is 3.20. The molecule has 1 heterocycles. The number of methoxy groups -OCH3 is 1. The lowest BCUT2D eigenvalue weighted by Crippen LogP contribution is -2.50. The first-order valence-electron chi connectivity index (χ1n) is 11.5. The Bertz CT molecular complexity index is 968. The number of hydrogen-bond acceptors (Lipinski definition) is 6. The summed E-state index contributed by atoms with van der Waals surface area (Å²) in [4.78, 5) is 0. The van der Waals surface area contributed by atoms with Gasteiger partial charge in [-0.2, -0.15) is 0 Å². The standard InChI is InChI=1S/C28H32O6/c1-30-28(21-31-18-22-11-5-2-6-12-22)27(33-20-24-15-9-4-10-16-24)26(25(17-29)34-28)32-19-23-13-7-3-8-14-23/h2-16,25-27,29H,17-21H2,1H3/t25-,26-,27+,28-/m1/s1. The van der Waals surface area contributed by atoms with Crippen LogP contribution in [0.5, 0.6) is 0 Å². The van der Waals surface area contributed by atoms with Crippen molar-refractivity contribution in [2.75, 3.05) is 20.3 Å². The van der Waals surface area contributed by atoms with Crippen LogP contribution < -0.4 is 0 Å². The van der Waals surface area contributed by atoms with Crippen molar-refractivity contribution in [3.8, 4) is 0 Å². The van der Waals surface area contributed by atoms with Gasteiger partial charge in [0.1, 0.15) is 24.9 Å². The van der Waals surface area contributed by atoms with Gasteiger partial charge in [0.2, 0.25) is 5.79 Å². The van der Waals surface area contributed by atoms with Gasteiger partial charge in [-0.3, -0.25) is 0 Å². The third kappa shape index (κ3) is 6.10. The minimum absolute atomic E-state index is 0.125. The van der Waals surface area contributed by atoms with Crippen LogP contribution in [0.15, 0.2) is 91.0 Å². The molecule has 1 aliphatic rings. The Labute approximate surface area is 201 Å². The van der Waals surface area contributed by atoms with E-state index in [4.69, 9.17) is 23.7 Å². The van der Waals surface area contributed by atoms with Crippen molar-refractivity contribution in [2.45, 2.75) is 43.9 Å². The summed E-state index contributed by atoms with van der Waals surface area (Å²) in [6.45, 7) is 1.01. The zero-order valence-electron chi connectivity index (χ0n) is 19.4. The Hall–Kier alpha value is -2.58. The fraction of sp³-hybridized carbons (Fsp3) is 0.357. The molecular formula is C28H32O6. The first-order valence-corrected chi connectivity index (χ1v) is 11.5. The molecule has 4 rings (SSSR count). The van der Waals surface area contributed by atoms with Gasteiger partial charge in [-0.05, 0) is 16.7 Å². The second-order valence-corrected chi connectivity index (χ2v) is 8.31. The largest absolute Gasteiger partial charge is 0.394 e. The highest BCUT2D eigenvalue weighted by molar-refractivity contribution is 5.15. The zero-order valence-corrected chi connectivity index (χ0v) is 19.4. The highest BCUT2D eigenvalue weighted by Gasteiger charge is 2.57.